The summed E-state index contributed by atoms with van der Waals surface area (Å²) in [7, 11) is 0. The zero-order chi connectivity index (χ0) is 10.4. The normalized spacial score (nSPS) is 27.6. The molecule has 80 valence electrons. The summed E-state index contributed by atoms with van der Waals surface area (Å²) in [5.41, 5.74) is 5.87. The average Bonchev–Trinajstić information content (AvgIpc) is 2.21. The second-order valence-electron chi connectivity index (χ2n) is 4.11. The van der Waals surface area contributed by atoms with Crippen LogP contribution in [-0.2, 0) is 0 Å². The first-order valence-corrected chi connectivity index (χ1v) is 5.64. The molecule has 0 aromatic carbocycles. The van der Waals surface area contributed by atoms with Gasteiger partial charge in [-0.25, -0.2) is 0 Å². The molecule has 0 aromatic rings. The van der Waals surface area contributed by atoms with Gasteiger partial charge in [-0.2, -0.15) is 5.26 Å². The highest BCUT2D eigenvalue weighted by atomic mass is 15.1. The van der Waals surface area contributed by atoms with Crippen molar-refractivity contribution in [1.29, 1.82) is 5.26 Å². The van der Waals surface area contributed by atoms with Gasteiger partial charge in [-0.1, -0.05) is 6.92 Å². The van der Waals surface area contributed by atoms with Crippen LogP contribution in [0.25, 0.3) is 0 Å². The molecule has 0 unspecified atom stereocenters. The standard InChI is InChI=1S/C11H21N3/c1-2-14(9-3-8-12)11-6-4-10(13)5-7-11/h10-11H,2-7,9,13H2,1H3. The number of nitrogens with two attached hydrogens (primary N) is 1. The minimum absolute atomic E-state index is 0.418. The Hall–Kier alpha value is -0.590. The van der Waals surface area contributed by atoms with E-state index in [9.17, 15) is 0 Å². The van der Waals surface area contributed by atoms with E-state index in [0.717, 1.165) is 25.9 Å². The van der Waals surface area contributed by atoms with E-state index in [4.69, 9.17) is 11.0 Å². The first-order chi connectivity index (χ1) is 6.77. The number of hydrogen-bond donors (Lipinski definition) is 1. The van der Waals surface area contributed by atoms with Crippen molar-refractivity contribution < 1.29 is 0 Å². The largest absolute Gasteiger partial charge is 0.328 e. The third kappa shape index (κ3) is 3.28. The van der Waals surface area contributed by atoms with Crippen molar-refractivity contribution in [3.63, 3.8) is 0 Å². The SMILES string of the molecule is CCN(CCC#N)C1CCC(N)CC1. The molecule has 0 aromatic heterocycles. The van der Waals surface area contributed by atoms with Crippen LogP contribution in [-0.4, -0.2) is 30.1 Å². The number of hydrogen-bond acceptors (Lipinski definition) is 3. The predicted molar refractivity (Wildman–Crippen MR) is 57.7 cm³/mol. The summed E-state index contributed by atoms with van der Waals surface area (Å²) in [6.45, 7) is 4.15. The molecule has 0 aliphatic heterocycles. The van der Waals surface area contributed by atoms with Crippen LogP contribution in [0, 0.1) is 11.3 Å². The van der Waals surface area contributed by atoms with Crippen molar-refractivity contribution in [2.24, 2.45) is 5.73 Å². The Balaban J connectivity index is 2.33. The average molecular weight is 195 g/mol. The lowest BCUT2D eigenvalue weighted by Gasteiger charge is -2.34. The van der Waals surface area contributed by atoms with Crippen molar-refractivity contribution in [3.05, 3.63) is 0 Å². The van der Waals surface area contributed by atoms with Crippen LogP contribution in [0.4, 0.5) is 0 Å². The van der Waals surface area contributed by atoms with E-state index in [2.05, 4.69) is 17.9 Å². The van der Waals surface area contributed by atoms with Crippen molar-refractivity contribution in [3.8, 4) is 6.07 Å². The zero-order valence-electron chi connectivity index (χ0n) is 9.08. The van der Waals surface area contributed by atoms with E-state index < -0.39 is 0 Å². The summed E-state index contributed by atoms with van der Waals surface area (Å²) in [6, 6.07) is 3.31. The Morgan fingerprint density at radius 3 is 2.50 bits per heavy atom. The molecule has 3 nitrogen and oxygen atoms in total. The molecule has 0 bridgehead atoms. The maximum Gasteiger partial charge on any atom is 0.0635 e. The molecule has 1 aliphatic carbocycles. The van der Waals surface area contributed by atoms with Gasteiger partial charge < -0.3 is 5.73 Å². The summed E-state index contributed by atoms with van der Waals surface area (Å²) in [5, 5.41) is 8.55. The quantitative estimate of drug-likeness (QED) is 0.739. The fourth-order valence-corrected chi connectivity index (χ4v) is 2.26. The molecule has 0 saturated heterocycles. The van der Waals surface area contributed by atoms with E-state index in [1.807, 2.05) is 0 Å². The molecule has 0 radical (unpaired) electrons. The second kappa shape index (κ2) is 6.00. The monoisotopic (exact) mass is 195 g/mol. The second-order valence-corrected chi connectivity index (χ2v) is 4.11. The van der Waals surface area contributed by atoms with Crippen LogP contribution >= 0.6 is 0 Å². The van der Waals surface area contributed by atoms with Crippen LogP contribution in [0.2, 0.25) is 0 Å². The highest BCUT2D eigenvalue weighted by Gasteiger charge is 2.22. The van der Waals surface area contributed by atoms with E-state index in [0.29, 0.717) is 18.5 Å². The molecule has 1 aliphatic rings. The van der Waals surface area contributed by atoms with Crippen molar-refractivity contribution in [2.75, 3.05) is 13.1 Å². The van der Waals surface area contributed by atoms with Crippen LogP contribution in [0.1, 0.15) is 39.0 Å². The van der Waals surface area contributed by atoms with E-state index in [1.165, 1.54) is 12.8 Å². The van der Waals surface area contributed by atoms with Crippen molar-refractivity contribution in [2.45, 2.75) is 51.1 Å². The molecule has 3 heteroatoms. The first-order valence-electron chi connectivity index (χ1n) is 5.64. The van der Waals surface area contributed by atoms with Gasteiger partial charge in [0, 0.05) is 25.0 Å². The van der Waals surface area contributed by atoms with Gasteiger partial charge in [0.15, 0.2) is 0 Å². The Bertz CT molecular complexity index is 189. The van der Waals surface area contributed by atoms with Gasteiger partial charge in [-0.15, -0.1) is 0 Å². The molecule has 2 N–H and O–H groups in total. The molecule has 0 amide bonds. The van der Waals surface area contributed by atoms with Gasteiger partial charge in [-0.05, 0) is 32.2 Å². The number of rotatable bonds is 4. The molecule has 0 atom stereocenters. The smallest absolute Gasteiger partial charge is 0.0635 e. The van der Waals surface area contributed by atoms with E-state index in [-0.39, 0.29) is 0 Å². The summed E-state index contributed by atoms with van der Waals surface area (Å²) in [5.74, 6) is 0. The minimum atomic E-state index is 0.418. The first kappa shape index (κ1) is 11.5. The van der Waals surface area contributed by atoms with Crippen LogP contribution < -0.4 is 5.73 Å². The number of nitrogens with zero attached hydrogens (tertiary/aromatic N) is 2. The molecule has 0 heterocycles. The molecule has 1 fully saturated rings. The summed E-state index contributed by atoms with van der Waals surface area (Å²) >= 11 is 0. The Kier molecular flexibility index (Phi) is 4.92. The van der Waals surface area contributed by atoms with Gasteiger partial charge in [0.1, 0.15) is 0 Å². The van der Waals surface area contributed by atoms with Crippen molar-refractivity contribution in [1.82, 2.24) is 4.90 Å². The van der Waals surface area contributed by atoms with Gasteiger partial charge in [-0.3, -0.25) is 4.90 Å². The van der Waals surface area contributed by atoms with Crippen LogP contribution in [0.15, 0.2) is 0 Å². The topological polar surface area (TPSA) is 53.0 Å². The molecule has 1 saturated carbocycles. The maximum atomic E-state index is 8.55. The zero-order valence-corrected chi connectivity index (χ0v) is 9.08. The van der Waals surface area contributed by atoms with Crippen LogP contribution in [0.5, 0.6) is 0 Å². The predicted octanol–water partition coefficient (Wildman–Crippen LogP) is 1.49. The third-order valence-corrected chi connectivity index (χ3v) is 3.17. The highest BCUT2D eigenvalue weighted by Crippen LogP contribution is 2.21. The van der Waals surface area contributed by atoms with Gasteiger partial charge in [0.25, 0.3) is 0 Å². The fraction of sp³-hybridized carbons (Fsp3) is 0.909. The Morgan fingerprint density at radius 2 is 2.00 bits per heavy atom. The minimum Gasteiger partial charge on any atom is -0.328 e. The Morgan fingerprint density at radius 1 is 1.36 bits per heavy atom. The summed E-state index contributed by atoms with van der Waals surface area (Å²) < 4.78 is 0. The van der Waals surface area contributed by atoms with Crippen molar-refractivity contribution >= 4 is 0 Å². The van der Waals surface area contributed by atoms with Gasteiger partial charge in [0.2, 0.25) is 0 Å². The lowest BCUT2D eigenvalue weighted by atomic mass is 9.90. The summed E-state index contributed by atoms with van der Waals surface area (Å²) in [4.78, 5) is 2.43. The molecule has 0 spiro atoms. The van der Waals surface area contributed by atoms with E-state index >= 15 is 0 Å². The van der Waals surface area contributed by atoms with Crippen LogP contribution in [0.3, 0.4) is 0 Å². The lowest BCUT2D eigenvalue weighted by molar-refractivity contribution is 0.160. The fourth-order valence-electron chi connectivity index (χ4n) is 2.26. The molecule has 1 rings (SSSR count). The highest BCUT2D eigenvalue weighted by molar-refractivity contribution is 4.82. The van der Waals surface area contributed by atoms with Gasteiger partial charge >= 0.3 is 0 Å². The molecular formula is C11H21N3. The van der Waals surface area contributed by atoms with Gasteiger partial charge in [0.05, 0.1) is 6.07 Å². The lowest BCUT2D eigenvalue weighted by Crippen LogP contribution is -2.41. The maximum absolute atomic E-state index is 8.55. The third-order valence-electron chi connectivity index (χ3n) is 3.17. The number of nitriles is 1. The summed E-state index contributed by atoms with van der Waals surface area (Å²) in [6.07, 6.45) is 5.36. The molecular weight excluding hydrogens is 174 g/mol. The Labute approximate surface area is 86.9 Å². The van der Waals surface area contributed by atoms with E-state index in [1.54, 1.807) is 0 Å². The molecule has 14 heavy (non-hydrogen) atoms.